The average molecular weight is 342 g/mol. The number of nitrogens with zero attached hydrogens (tertiary/aromatic N) is 5. The summed E-state index contributed by atoms with van der Waals surface area (Å²) >= 11 is 0. The highest BCUT2D eigenvalue weighted by molar-refractivity contribution is 6.02. The Labute approximate surface area is 144 Å². The molecule has 2 atom stereocenters. The summed E-state index contributed by atoms with van der Waals surface area (Å²) in [6, 6.07) is 8.60. The third-order valence-corrected chi connectivity index (χ3v) is 4.60. The maximum Gasteiger partial charge on any atom is 0.325 e. The van der Waals surface area contributed by atoms with Gasteiger partial charge in [-0.2, -0.15) is 0 Å². The van der Waals surface area contributed by atoms with Crippen LogP contribution < -0.4 is 10.2 Å². The molecule has 0 saturated carbocycles. The summed E-state index contributed by atoms with van der Waals surface area (Å²) in [7, 11) is 3.27. The van der Waals surface area contributed by atoms with E-state index in [-0.39, 0.29) is 5.91 Å². The van der Waals surface area contributed by atoms with Gasteiger partial charge in [0.2, 0.25) is 5.95 Å². The monoisotopic (exact) mass is 342 g/mol. The molecule has 9 heteroatoms. The molecule has 2 unspecified atom stereocenters. The molecule has 3 heterocycles. The number of carbonyl (C=O) groups is 2. The minimum Gasteiger partial charge on any atom is -0.383 e. The number of rotatable bonds is 4. The number of amides is 3. The van der Waals surface area contributed by atoms with E-state index in [9.17, 15) is 9.59 Å². The summed E-state index contributed by atoms with van der Waals surface area (Å²) in [5.74, 6) is 0.844. The van der Waals surface area contributed by atoms with Crippen LogP contribution in [0.15, 0.2) is 30.3 Å². The molecule has 1 fully saturated rings. The van der Waals surface area contributed by atoms with E-state index in [1.807, 2.05) is 39.8 Å². The standard InChI is InChI=1S/C16H18N6O3/c1-20-14-11(13(23)17-16(20)24)21(8-9-25-2)15-19-18-12(22(14)15)10-6-4-3-5-7-10/h3-7,11,14H,8-9H2,1-2H3,(H,17,23,24). The second-order valence-electron chi connectivity index (χ2n) is 6.01. The smallest absolute Gasteiger partial charge is 0.325 e. The molecule has 0 bridgehead atoms. The molecule has 9 nitrogen and oxygen atoms in total. The zero-order valence-electron chi connectivity index (χ0n) is 13.9. The molecule has 2 aromatic rings. The highest BCUT2D eigenvalue weighted by Gasteiger charge is 2.52. The molecular weight excluding hydrogens is 324 g/mol. The van der Waals surface area contributed by atoms with Crippen molar-refractivity contribution in [2.24, 2.45) is 0 Å². The van der Waals surface area contributed by atoms with Gasteiger partial charge in [-0.1, -0.05) is 30.3 Å². The van der Waals surface area contributed by atoms with E-state index in [4.69, 9.17) is 4.74 Å². The van der Waals surface area contributed by atoms with Crippen molar-refractivity contribution in [3.8, 4) is 11.4 Å². The topological polar surface area (TPSA) is 92.6 Å². The molecule has 3 amide bonds. The lowest BCUT2D eigenvalue weighted by Gasteiger charge is -2.36. The van der Waals surface area contributed by atoms with Crippen molar-refractivity contribution in [1.82, 2.24) is 25.0 Å². The molecule has 2 aliphatic heterocycles. The number of imide groups is 1. The van der Waals surface area contributed by atoms with E-state index in [1.54, 1.807) is 14.2 Å². The second-order valence-corrected chi connectivity index (χ2v) is 6.01. The summed E-state index contributed by atoms with van der Waals surface area (Å²) in [6.07, 6.45) is -0.502. The van der Waals surface area contributed by atoms with Gasteiger partial charge in [-0.25, -0.2) is 4.79 Å². The van der Waals surface area contributed by atoms with Gasteiger partial charge in [0.1, 0.15) is 6.17 Å². The van der Waals surface area contributed by atoms with Crippen LogP contribution in [0.4, 0.5) is 10.7 Å². The summed E-state index contributed by atoms with van der Waals surface area (Å²) in [4.78, 5) is 28.0. The van der Waals surface area contributed by atoms with Crippen molar-refractivity contribution < 1.29 is 14.3 Å². The molecule has 25 heavy (non-hydrogen) atoms. The fraction of sp³-hybridized carbons (Fsp3) is 0.375. The summed E-state index contributed by atoms with van der Waals surface area (Å²) in [5.41, 5.74) is 0.875. The number of methoxy groups -OCH3 is 1. The number of nitrogens with one attached hydrogen (secondary N) is 1. The zero-order chi connectivity index (χ0) is 17.6. The minimum atomic E-state index is -0.564. The van der Waals surface area contributed by atoms with Gasteiger partial charge in [0.05, 0.1) is 6.61 Å². The lowest BCUT2D eigenvalue weighted by molar-refractivity contribution is -0.124. The van der Waals surface area contributed by atoms with E-state index in [2.05, 4.69) is 15.5 Å². The molecule has 1 saturated heterocycles. The Hall–Kier alpha value is -2.94. The Morgan fingerprint density at radius 2 is 1.96 bits per heavy atom. The lowest BCUT2D eigenvalue weighted by Crippen LogP contribution is -2.61. The number of fused-ring (bicyclic) bond motifs is 3. The summed E-state index contributed by atoms with van der Waals surface area (Å²) < 4.78 is 7.02. The quantitative estimate of drug-likeness (QED) is 0.868. The van der Waals surface area contributed by atoms with Gasteiger partial charge >= 0.3 is 6.03 Å². The van der Waals surface area contributed by atoms with E-state index in [0.717, 1.165) is 5.56 Å². The molecule has 0 radical (unpaired) electrons. The summed E-state index contributed by atoms with van der Waals surface area (Å²) in [5, 5.41) is 11.0. The van der Waals surface area contributed by atoms with E-state index < -0.39 is 18.2 Å². The maximum atomic E-state index is 12.5. The number of carbonyl (C=O) groups excluding carboxylic acids is 2. The fourth-order valence-corrected chi connectivity index (χ4v) is 3.41. The number of urea groups is 1. The number of benzene rings is 1. The van der Waals surface area contributed by atoms with Crippen molar-refractivity contribution in [3.05, 3.63) is 30.3 Å². The van der Waals surface area contributed by atoms with Crippen molar-refractivity contribution in [2.75, 3.05) is 32.2 Å². The first-order valence-corrected chi connectivity index (χ1v) is 7.97. The number of ether oxygens (including phenoxy) is 1. The first kappa shape index (κ1) is 15.6. The number of anilines is 1. The Morgan fingerprint density at radius 3 is 2.68 bits per heavy atom. The van der Waals surface area contributed by atoms with Crippen LogP contribution in [0.5, 0.6) is 0 Å². The van der Waals surface area contributed by atoms with Gasteiger partial charge in [0.25, 0.3) is 5.91 Å². The van der Waals surface area contributed by atoms with Gasteiger partial charge < -0.3 is 14.5 Å². The molecule has 1 aromatic carbocycles. The molecule has 130 valence electrons. The van der Waals surface area contributed by atoms with Gasteiger partial charge in [-0.15, -0.1) is 10.2 Å². The van der Waals surface area contributed by atoms with E-state index >= 15 is 0 Å². The van der Waals surface area contributed by atoms with Crippen molar-refractivity contribution >= 4 is 17.9 Å². The van der Waals surface area contributed by atoms with Crippen LogP contribution >= 0.6 is 0 Å². The molecule has 2 aliphatic rings. The number of likely N-dealkylation sites (N-methyl/N-ethyl adjacent to an activating group) is 1. The van der Waals surface area contributed by atoms with Crippen LogP contribution in [0.2, 0.25) is 0 Å². The number of aromatic nitrogens is 3. The van der Waals surface area contributed by atoms with Gasteiger partial charge in [-0.05, 0) is 0 Å². The second kappa shape index (κ2) is 5.85. The number of hydrogen-bond donors (Lipinski definition) is 1. The Morgan fingerprint density at radius 1 is 1.20 bits per heavy atom. The lowest BCUT2D eigenvalue weighted by atomic mass is 10.1. The van der Waals surface area contributed by atoms with Crippen molar-refractivity contribution in [1.29, 1.82) is 0 Å². The van der Waals surface area contributed by atoms with Crippen molar-refractivity contribution in [3.63, 3.8) is 0 Å². The van der Waals surface area contributed by atoms with Gasteiger partial charge in [0, 0.05) is 26.3 Å². The number of hydrogen-bond acceptors (Lipinski definition) is 6. The van der Waals surface area contributed by atoms with E-state index in [1.165, 1.54) is 4.90 Å². The molecule has 0 aliphatic carbocycles. The van der Waals surface area contributed by atoms with Crippen LogP contribution in [0.1, 0.15) is 6.17 Å². The molecule has 0 spiro atoms. The average Bonchev–Trinajstić information content (AvgIpc) is 3.17. The summed E-state index contributed by atoms with van der Waals surface area (Å²) in [6.45, 7) is 0.904. The third-order valence-electron chi connectivity index (χ3n) is 4.60. The van der Waals surface area contributed by atoms with Crippen LogP contribution in [0.3, 0.4) is 0 Å². The molecular formula is C16H18N6O3. The van der Waals surface area contributed by atoms with Crippen molar-refractivity contribution in [2.45, 2.75) is 12.2 Å². The Kier molecular flexibility index (Phi) is 3.65. The zero-order valence-corrected chi connectivity index (χ0v) is 13.9. The SMILES string of the molecule is COCCN1c2nnc(-c3ccccc3)n2C2C1C(=O)NC(=O)N2C. The minimum absolute atomic E-state index is 0.339. The predicted octanol–water partition coefficient (Wildman–Crippen LogP) is 0.460. The Balaban J connectivity index is 1.85. The maximum absolute atomic E-state index is 12.5. The Bertz CT molecular complexity index is 821. The van der Waals surface area contributed by atoms with Gasteiger partial charge in [-0.3, -0.25) is 14.7 Å². The van der Waals surface area contributed by atoms with Crippen LogP contribution in [0, 0.1) is 0 Å². The third kappa shape index (κ3) is 2.27. The van der Waals surface area contributed by atoms with Crippen LogP contribution in [-0.4, -0.2) is 65.0 Å². The predicted molar refractivity (Wildman–Crippen MR) is 88.8 cm³/mol. The fourth-order valence-electron chi connectivity index (χ4n) is 3.41. The first-order chi connectivity index (χ1) is 12.1. The van der Waals surface area contributed by atoms with Gasteiger partial charge in [0.15, 0.2) is 11.9 Å². The molecule has 4 rings (SSSR count). The molecule has 1 N–H and O–H groups in total. The highest BCUT2D eigenvalue weighted by Crippen LogP contribution is 2.40. The van der Waals surface area contributed by atoms with Crippen LogP contribution in [0.25, 0.3) is 11.4 Å². The normalized spacial score (nSPS) is 22.0. The van der Waals surface area contributed by atoms with Crippen LogP contribution in [-0.2, 0) is 9.53 Å². The highest BCUT2D eigenvalue weighted by atomic mass is 16.5. The molecule has 1 aromatic heterocycles. The van der Waals surface area contributed by atoms with E-state index in [0.29, 0.717) is 24.9 Å². The first-order valence-electron chi connectivity index (χ1n) is 7.97. The largest absolute Gasteiger partial charge is 0.383 e.